The normalized spacial score (nSPS) is 16.2. The van der Waals surface area contributed by atoms with E-state index in [1.165, 1.54) is 4.90 Å². The molecule has 0 aliphatic carbocycles. The molecule has 2 amide bonds. The van der Waals surface area contributed by atoms with Crippen molar-refractivity contribution in [2.24, 2.45) is 0 Å². The van der Waals surface area contributed by atoms with Gasteiger partial charge in [-0.1, -0.05) is 96.9 Å². The fraction of sp³-hybridized carbons (Fsp3) is 0.219. The van der Waals surface area contributed by atoms with Gasteiger partial charge in [0.25, 0.3) is 5.91 Å². The topological polar surface area (TPSA) is 84.9 Å². The molecule has 4 rings (SSSR count). The Balaban J connectivity index is 1.56. The summed E-state index contributed by atoms with van der Waals surface area (Å²) in [5, 5.41) is 2.73. The zero-order valence-corrected chi connectivity index (χ0v) is 21.9. The number of benzene rings is 3. The van der Waals surface area contributed by atoms with Crippen LogP contribution in [-0.4, -0.2) is 41.6 Å². The van der Waals surface area contributed by atoms with Gasteiger partial charge in [-0.25, -0.2) is 4.79 Å². The molecule has 1 saturated heterocycles. The van der Waals surface area contributed by atoms with E-state index in [-0.39, 0.29) is 24.6 Å². The Bertz CT molecular complexity index is 1340. The summed E-state index contributed by atoms with van der Waals surface area (Å²) in [6, 6.07) is 26.9. The first-order valence-electron chi connectivity index (χ1n) is 12.6. The summed E-state index contributed by atoms with van der Waals surface area (Å²) < 4.78 is 11.8. The summed E-state index contributed by atoms with van der Waals surface area (Å²) in [6.45, 7) is 3.31. The Morgan fingerprint density at radius 3 is 1.97 bits per heavy atom. The molecule has 1 aliphatic heterocycles. The smallest absolute Gasteiger partial charge is 0.356 e. The van der Waals surface area contributed by atoms with E-state index < -0.39 is 30.3 Å². The van der Waals surface area contributed by atoms with Crippen molar-refractivity contribution in [2.45, 2.75) is 38.6 Å². The van der Waals surface area contributed by atoms with Crippen molar-refractivity contribution < 1.29 is 23.9 Å². The van der Waals surface area contributed by atoms with Crippen molar-refractivity contribution in [3.63, 3.8) is 0 Å². The molecule has 39 heavy (non-hydrogen) atoms. The van der Waals surface area contributed by atoms with E-state index in [1.807, 2.05) is 91.0 Å². The van der Waals surface area contributed by atoms with Gasteiger partial charge >= 0.3 is 5.97 Å². The lowest BCUT2D eigenvalue weighted by Crippen LogP contribution is -2.71. The van der Waals surface area contributed by atoms with E-state index in [0.717, 1.165) is 16.7 Å². The van der Waals surface area contributed by atoms with E-state index in [9.17, 15) is 14.4 Å². The fourth-order valence-corrected chi connectivity index (χ4v) is 4.44. The van der Waals surface area contributed by atoms with E-state index in [0.29, 0.717) is 5.57 Å². The third-order valence-corrected chi connectivity index (χ3v) is 6.24. The molecule has 1 N–H and O–H groups in total. The maximum Gasteiger partial charge on any atom is 0.356 e. The van der Waals surface area contributed by atoms with Crippen LogP contribution in [0.3, 0.4) is 0 Å². The highest BCUT2D eigenvalue weighted by Crippen LogP contribution is 2.32. The average molecular weight is 523 g/mol. The van der Waals surface area contributed by atoms with Crippen LogP contribution in [-0.2, 0) is 30.3 Å². The summed E-state index contributed by atoms with van der Waals surface area (Å²) in [5.74, 6) is 0.865. The summed E-state index contributed by atoms with van der Waals surface area (Å²) in [5.41, 5.74) is 2.97. The number of nitrogens with zero attached hydrogens (tertiary/aromatic N) is 1. The molecule has 1 aliphatic rings. The first-order valence-corrected chi connectivity index (χ1v) is 12.6. The average Bonchev–Trinajstić information content (AvgIpc) is 2.95. The molecule has 2 atom stereocenters. The number of hydrogen-bond donors (Lipinski definition) is 1. The summed E-state index contributed by atoms with van der Waals surface area (Å²) in [7, 11) is 0. The Labute approximate surface area is 228 Å². The highest BCUT2D eigenvalue weighted by atomic mass is 16.5. The first kappa shape index (κ1) is 27.4. The largest absolute Gasteiger partial charge is 0.448 e. The number of esters is 1. The number of carbonyl (C=O) groups excluding carboxylic acids is 3. The Morgan fingerprint density at radius 1 is 0.923 bits per heavy atom. The van der Waals surface area contributed by atoms with Crippen LogP contribution in [0.25, 0.3) is 0 Å². The molecule has 1 fully saturated rings. The second-order valence-corrected chi connectivity index (χ2v) is 9.28. The molecule has 0 radical (unpaired) electrons. The molecule has 0 saturated carbocycles. The second-order valence-electron chi connectivity index (χ2n) is 9.28. The number of amides is 2. The van der Waals surface area contributed by atoms with Crippen LogP contribution in [0.2, 0.25) is 0 Å². The van der Waals surface area contributed by atoms with Gasteiger partial charge in [0, 0.05) is 0 Å². The number of terminal acetylenes is 1. The molecule has 198 valence electrons. The van der Waals surface area contributed by atoms with Crippen LogP contribution < -0.4 is 5.32 Å². The number of β-lactam (4-membered cyclic amide) rings is 1. The summed E-state index contributed by atoms with van der Waals surface area (Å²) in [4.78, 5) is 40.9. The van der Waals surface area contributed by atoms with Crippen molar-refractivity contribution in [1.29, 1.82) is 0 Å². The predicted octanol–water partition coefficient (Wildman–Crippen LogP) is 4.16. The van der Waals surface area contributed by atoms with Crippen molar-refractivity contribution >= 4 is 17.8 Å². The molecule has 7 heteroatoms. The molecule has 0 spiro atoms. The summed E-state index contributed by atoms with van der Waals surface area (Å²) in [6.07, 6.45) is 3.84. The number of nitrogens with one attached hydrogen (secondary N) is 1. The van der Waals surface area contributed by atoms with Crippen LogP contribution in [0, 0.1) is 12.3 Å². The Morgan fingerprint density at radius 2 is 1.46 bits per heavy atom. The molecule has 7 nitrogen and oxygen atoms in total. The SMILES string of the molecule is C#CCO[C@@H]1[C@H](NC(=O)Cc2ccccc2)C(=O)N1C(C(=O)OC(c1ccccc1)c1ccccc1)=C(C)C. The van der Waals surface area contributed by atoms with Crippen LogP contribution in [0.15, 0.2) is 102 Å². The third-order valence-electron chi connectivity index (χ3n) is 6.24. The van der Waals surface area contributed by atoms with Crippen molar-refractivity contribution in [3.8, 4) is 12.3 Å². The zero-order chi connectivity index (χ0) is 27.8. The fourth-order valence-electron chi connectivity index (χ4n) is 4.44. The van der Waals surface area contributed by atoms with Gasteiger partial charge in [-0.2, -0.15) is 0 Å². The van der Waals surface area contributed by atoms with Crippen molar-refractivity contribution in [3.05, 3.63) is 119 Å². The summed E-state index contributed by atoms with van der Waals surface area (Å²) >= 11 is 0. The van der Waals surface area contributed by atoms with E-state index in [2.05, 4.69) is 11.2 Å². The highest BCUT2D eigenvalue weighted by molar-refractivity contribution is 6.01. The van der Waals surface area contributed by atoms with E-state index in [1.54, 1.807) is 13.8 Å². The van der Waals surface area contributed by atoms with E-state index in [4.69, 9.17) is 15.9 Å². The zero-order valence-electron chi connectivity index (χ0n) is 21.9. The predicted molar refractivity (Wildman–Crippen MR) is 147 cm³/mol. The lowest BCUT2D eigenvalue weighted by molar-refractivity contribution is -0.180. The molecule has 0 unspecified atom stereocenters. The van der Waals surface area contributed by atoms with Gasteiger partial charge in [-0.15, -0.1) is 6.42 Å². The molecular weight excluding hydrogens is 492 g/mol. The van der Waals surface area contributed by atoms with Gasteiger partial charge in [-0.05, 0) is 36.1 Å². The van der Waals surface area contributed by atoms with Crippen LogP contribution in [0.5, 0.6) is 0 Å². The standard InChI is InChI=1S/C32H30N2O5/c1-4-20-38-31-27(33-26(35)21-23-14-8-5-9-15-23)30(36)34(31)28(22(2)3)32(37)39-29(24-16-10-6-11-17-24)25-18-12-7-13-19-25/h1,5-19,27,29,31H,20-21H2,2-3H3,(H,33,35)/t27-,31-/m1/s1. The number of likely N-dealkylation sites (tertiary alicyclic amines) is 1. The van der Waals surface area contributed by atoms with Gasteiger partial charge in [0.1, 0.15) is 12.3 Å². The van der Waals surface area contributed by atoms with Crippen molar-refractivity contribution in [1.82, 2.24) is 10.2 Å². The van der Waals surface area contributed by atoms with Gasteiger partial charge in [0.15, 0.2) is 18.4 Å². The van der Waals surface area contributed by atoms with Gasteiger partial charge in [0.05, 0.1) is 6.42 Å². The Kier molecular flexibility index (Phi) is 8.93. The molecular formula is C32H30N2O5. The monoisotopic (exact) mass is 522 g/mol. The van der Waals surface area contributed by atoms with Crippen LogP contribution >= 0.6 is 0 Å². The molecule has 3 aromatic carbocycles. The minimum absolute atomic E-state index is 0.0486. The first-order chi connectivity index (χ1) is 18.9. The maximum atomic E-state index is 13.7. The number of ether oxygens (including phenoxy) is 2. The number of hydrogen-bond acceptors (Lipinski definition) is 5. The molecule has 3 aromatic rings. The molecule has 0 aromatic heterocycles. The number of carbonyl (C=O) groups is 3. The van der Waals surface area contributed by atoms with Crippen LogP contribution in [0.4, 0.5) is 0 Å². The lowest BCUT2D eigenvalue weighted by atomic mass is 9.99. The lowest BCUT2D eigenvalue weighted by Gasteiger charge is -2.46. The van der Waals surface area contributed by atoms with Gasteiger partial charge in [0.2, 0.25) is 5.91 Å². The highest BCUT2D eigenvalue weighted by Gasteiger charge is 2.53. The second kappa shape index (κ2) is 12.7. The maximum absolute atomic E-state index is 13.7. The minimum atomic E-state index is -0.990. The van der Waals surface area contributed by atoms with Gasteiger partial charge < -0.3 is 14.8 Å². The molecule has 1 heterocycles. The minimum Gasteiger partial charge on any atom is -0.448 e. The van der Waals surface area contributed by atoms with E-state index >= 15 is 0 Å². The molecule has 0 bridgehead atoms. The number of allylic oxidation sites excluding steroid dienone is 1. The number of rotatable bonds is 10. The Hall–Kier alpha value is -4.67. The third kappa shape index (κ3) is 6.43. The van der Waals surface area contributed by atoms with Gasteiger partial charge in [-0.3, -0.25) is 14.5 Å². The van der Waals surface area contributed by atoms with Crippen molar-refractivity contribution in [2.75, 3.05) is 6.61 Å². The van der Waals surface area contributed by atoms with Crippen LogP contribution in [0.1, 0.15) is 36.6 Å². The quantitative estimate of drug-likeness (QED) is 0.187.